The fraction of sp³-hybridized carbons (Fsp3) is 0.0952. The zero-order valence-electron chi connectivity index (χ0n) is 15.8. The van der Waals surface area contributed by atoms with Gasteiger partial charge in [0.25, 0.3) is 5.91 Å². The highest BCUT2D eigenvalue weighted by Gasteiger charge is 2.12. The van der Waals surface area contributed by atoms with Crippen LogP contribution in [-0.2, 0) is 0 Å². The zero-order chi connectivity index (χ0) is 20.6. The predicted molar refractivity (Wildman–Crippen MR) is 116 cm³/mol. The number of nitrogens with one attached hydrogen (secondary N) is 2. The molecule has 0 aliphatic carbocycles. The van der Waals surface area contributed by atoms with Gasteiger partial charge < -0.3 is 9.47 Å². The lowest BCUT2D eigenvalue weighted by atomic mass is 10.1. The summed E-state index contributed by atoms with van der Waals surface area (Å²) in [4.78, 5) is 12.3. The number of benzene rings is 2. The monoisotopic (exact) mass is 454 g/mol. The number of amides is 1. The van der Waals surface area contributed by atoms with Crippen LogP contribution < -0.4 is 14.9 Å². The number of carbonyl (C=O) groups excluding carboxylic acids is 1. The molecular weight excluding hydrogens is 436 g/mol. The lowest BCUT2D eigenvalue weighted by Gasteiger charge is -2.08. The molecule has 0 saturated carbocycles. The zero-order valence-corrected chi connectivity index (χ0v) is 17.4. The smallest absolute Gasteiger partial charge is 0.289 e. The van der Waals surface area contributed by atoms with Gasteiger partial charge in [0.05, 0.1) is 26.1 Å². The van der Waals surface area contributed by atoms with Crippen molar-refractivity contribution in [3.8, 4) is 22.8 Å². The fourth-order valence-electron chi connectivity index (χ4n) is 2.54. The Bertz CT molecular complexity index is 1050. The topological polar surface area (TPSA) is 88.6 Å². The molecule has 0 radical (unpaired) electrons. The van der Waals surface area contributed by atoms with E-state index in [1.165, 1.54) is 6.21 Å². The number of H-pyrrole nitrogens is 1. The van der Waals surface area contributed by atoms with Gasteiger partial charge in [-0.3, -0.25) is 9.89 Å². The number of hydrogen-bond acceptors (Lipinski definition) is 5. The Labute approximate surface area is 176 Å². The second-order valence-corrected chi connectivity index (χ2v) is 6.79. The minimum Gasteiger partial charge on any atom is -0.493 e. The van der Waals surface area contributed by atoms with E-state index in [1.807, 2.05) is 42.5 Å². The highest BCUT2D eigenvalue weighted by atomic mass is 79.9. The summed E-state index contributed by atoms with van der Waals surface area (Å²) in [5.41, 5.74) is 5.16. The van der Waals surface area contributed by atoms with Crippen LogP contribution in [0.1, 0.15) is 16.1 Å². The third-order valence-corrected chi connectivity index (χ3v) is 4.39. The molecule has 0 saturated heterocycles. The maximum absolute atomic E-state index is 12.3. The van der Waals surface area contributed by atoms with Crippen LogP contribution in [0.5, 0.6) is 11.5 Å². The Balaban J connectivity index is 1.66. The van der Waals surface area contributed by atoms with Crippen molar-refractivity contribution in [2.75, 3.05) is 14.2 Å². The lowest BCUT2D eigenvalue weighted by Crippen LogP contribution is -2.17. The summed E-state index contributed by atoms with van der Waals surface area (Å²) in [5.74, 6) is 0.798. The number of allylic oxidation sites excluding steroid dienone is 1. The molecule has 29 heavy (non-hydrogen) atoms. The highest BCUT2D eigenvalue weighted by Crippen LogP contribution is 2.31. The van der Waals surface area contributed by atoms with E-state index < -0.39 is 5.91 Å². The first-order chi connectivity index (χ1) is 14.1. The van der Waals surface area contributed by atoms with Crippen LogP contribution in [0.4, 0.5) is 0 Å². The first-order valence-corrected chi connectivity index (χ1v) is 9.43. The van der Waals surface area contributed by atoms with Crippen LogP contribution >= 0.6 is 15.9 Å². The maximum atomic E-state index is 12.3. The molecule has 0 bridgehead atoms. The van der Waals surface area contributed by atoms with Gasteiger partial charge in [-0.15, -0.1) is 0 Å². The van der Waals surface area contributed by atoms with Crippen LogP contribution in [0.3, 0.4) is 0 Å². The minimum absolute atomic E-state index is 0.287. The fourth-order valence-corrected chi connectivity index (χ4v) is 2.91. The van der Waals surface area contributed by atoms with Crippen molar-refractivity contribution in [1.29, 1.82) is 0 Å². The largest absolute Gasteiger partial charge is 0.493 e. The Hall–Kier alpha value is -3.39. The Morgan fingerprint density at radius 2 is 1.86 bits per heavy atom. The summed E-state index contributed by atoms with van der Waals surface area (Å²) >= 11 is 3.40. The third-order valence-electron chi connectivity index (χ3n) is 3.96. The summed E-state index contributed by atoms with van der Waals surface area (Å²) in [6, 6.07) is 16.8. The average molecular weight is 455 g/mol. The lowest BCUT2D eigenvalue weighted by molar-refractivity contribution is 0.0950. The summed E-state index contributed by atoms with van der Waals surface area (Å²) in [5, 5.41) is 10.8. The molecule has 2 aromatic carbocycles. The van der Waals surface area contributed by atoms with E-state index in [1.54, 1.807) is 32.4 Å². The number of hydrogen-bond donors (Lipinski definition) is 2. The average Bonchev–Trinajstić information content (AvgIpc) is 3.24. The summed E-state index contributed by atoms with van der Waals surface area (Å²) in [6.45, 7) is 0. The highest BCUT2D eigenvalue weighted by molar-refractivity contribution is 9.12. The molecule has 0 fully saturated rings. The van der Waals surface area contributed by atoms with Crippen molar-refractivity contribution < 1.29 is 14.3 Å². The van der Waals surface area contributed by atoms with Crippen LogP contribution in [0.15, 0.2) is 64.2 Å². The Morgan fingerprint density at radius 1 is 1.10 bits per heavy atom. The number of carbonyl (C=O) groups is 1. The second-order valence-electron chi connectivity index (χ2n) is 5.88. The van der Waals surface area contributed by atoms with Crippen molar-refractivity contribution in [3.63, 3.8) is 0 Å². The molecule has 2 N–H and O–H groups in total. The minimum atomic E-state index is -0.402. The quantitative estimate of drug-likeness (QED) is 0.412. The van der Waals surface area contributed by atoms with E-state index >= 15 is 0 Å². The molecule has 1 heterocycles. The molecule has 1 aromatic heterocycles. The van der Waals surface area contributed by atoms with Gasteiger partial charge in [0.2, 0.25) is 0 Å². The predicted octanol–water partition coefficient (Wildman–Crippen LogP) is 4.25. The van der Waals surface area contributed by atoms with Gasteiger partial charge in [0.1, 0.15) is 5.69 Å². The standard InChI is InChI=1S/C21H19BrN4O3/c1-28-19-9-8-15(11-20(19)29-2)17-12-18(25-24-17)21(27)26-23-13-16(22)10-14-6-4-3-5-7-14/h3-13H,1-2H3,(H,24,25)(H,26,27). The molecule has 0 atom stereocenters. The van der Waals surface area contributed by atoms with E-state index in [9.17, 15) is 4.79 Å². The number of halogens is 1. The van der Waals surface area contributed by atoms with Crippen LogP contribution in [0.25, 0.3) is 17.3 Å². The molecule has 0 aliphatic heterocycles. The first-order valence-electron chi connectivity index (χ1n) is 8.64. The Morgan fingerprint density at radius 3 is 2.59 bits per heavy atom. The number of ether oxygens (including phenoxy) is 2. The second kappa shape index (κ2) is 9.70. The first kappa shape index (κ1) is 20.3. The van der Waals surface area contributed by atoms with Gasteiger partial charge in [-0.1, -0.05) is 30.3 Å². The van der Waals surface area contributed by atoms with Crippen molar-refractivity contribution in [2.45, 2.75) is 0 Å². The van der Waals surface area contributed by atoms with E-state index in [0.29, 0.717) is 17.2 Å². The molecule has 0 unspecified atom stereocenters. The van der Waals surface area contributed by atoms with E-state index in [-0.39, 0.29) is 5.69 Å². The Kier molecular flexibility index (Phi) is 6.80. The number of aromatic nitrogens is 2. The van der Waals surface area contributed by atoms with Crippen LogP contribution in [0.2, 0.25) is 0 Å². The molecule has 8 heteroatoms. The van der Waals surface area contributed by atoms with Gasteiger partial charge in [0, 0.05) is 10.0 Å². The molecule has 3 rings (SSSR count). The van der Waals surface area contributed by atoms with E-state index in [0.717, 1.165) is 15.6 Å². The molecule has 7 nitrogen and oxygen atoms in total. The van der Waals surface area contributed by atoms with Crippen molar-refractivity contribution in [1.82, 2.24) is 15.6 Å². The molecule has 0 spiro atoms. The summed E-state index contributed by atoms with van der Waals surface area (Å²) in [6.07, 6.45) is 3.40. The normalized spacial score (nSPS) is 11.5. The third kappa shape index (κ3) is 5.32. The van der Waals surface area contributed by atoms with E-state index in [2.05, 4.69) is 36.7 Å². The van der Waals surface area contributed by atoms with Gasteiger partial charge in [-0.05, 0) is 51.8 Å². The summed E-state index contributed by atoms with van der Waals surface area (Å²) < 4.78 is 11.3. The number of nitrogens with zero attached hydrogens (tertiary/aromatic N) is 2. The number of methoxy groups -OCH3 is 2. The van der Waals surface area contributed by atoms with Gasteiger partial charge in [-0.25, -0.2) is 5.43 Å². The molecule has 3 aromatic rings. The SMILES string of the molecule is COc1ccc(-c2cc(C(=O)NN=CC(Br)=Cc3ccccc3)[nH]n2)cc1OC. The number of aromatic amines is 1. The van der Waals surface area contributed by atoms with Crippen LogP contribution in [-0.4, -0.2) is 36.5 Å². The molecule has 0 aliphatic rings. The number of rotatable bonds is 7. The van der Waals surface area contributed by atoms with Crippen LogP contribution in [0, 0.1) is 0 Å². The van der Waals surface area contributed by atoms with E-state index in [4.69, 9.17) is 9.47 Å². The van der Waals surface area contributed by atoms with Gasteiger partial charge >= 0.3 is 0 Å². The maximum Gasteiger partial charge on any atom is 0.289 e. The van der Waals surface area contributed by atoms with Crippen molar-refractivity contribution in [2.24, 2.45) is 5.10 Å². The molecular formula is C21H19BrN4O3. The molecule has 1 amide bonds. The van der Waals surface area contributed by atoms with Gasteiger partial charge in [0.15, 0.2) is 11.5 Å². The van der Waals surface area contributed by atoms with Gasteiger partial charge in [-0.2, -0.15) is 10.2 Å². The number of hydrazone groups is 1. The molecule has 148 valence electrons. The van der Waals surface area contributed by atoms with Crippen molar-refractivity contribution in [3.05, 3.63) is 70.3 Å². The van der Waals surface area contributed by atoms with Crippen molar-refractivity contribution >= 4 is 34.1 Å². The summed E-state index contributed by atoms with van der Waals surface area (Å²) in [7, 11) is 3.13.